The van der Waals surface area contributed by atoms with Crippen LogP contribution in [0.2, 0.25) is 0 Å². The second kappa shape index (κ2) is 4.40. The van der Waals surface area contributed by atoms with E-state index in [0.717, 1.165) is 19.4 Å². The lowest BCUT2D eigenvalue weighted by Crippen LogP contribution is -2.38. The fourth-order valence-corrected chi connectivity index (χ4v) is 1.54. The van der Waals surface area contributed by atoms with Crippen molar-refractivity contribution in [2.45, 2.75) is 51.4 Å². The molecule has 1 rings (SSSR count). The van der Waals surface area contributed by atoms with Crippen molar-refractivity contribution >= 4 is 0 Å². The summed E-state index contributed by atoms with van der Waals surface area (Å²) in [5, 5.41) is 12.7. The van der Waals surface area contributed by atoms with E-state index in [1.807, 2.05) is 0 Å². The fraction of sp³-hybridized carbons (Fsp3) is 1.00. The van der Waals surface area contributed by atoms with Crippen LogP contribution in [0.3, 0.4) is 0 Å². The lowest BCUT2D eigenvalue weighted by Gasteiger charge is -2.31. The molecule has 78 valence electrons. The summed E-state index contributed by atoms with van der Waals surface area (Å²) < 4.78 is 5.90. The van der Waals surface area contributed by atoms with Gasteiger partial charge in [0.2, 0.25) is 0 Å². The lowest BCUT2D eigenvalue weighted by molar-refractivity contribution is -0.112. The molecule has 3 nitrogen and oxygen atoms in total. The van der Waals surface area contributed by atoms with E-state index in [4.69, 9.17) is 4.74 Å². The van der Waals surface area contributed by atoms with E-state index in [1.165, 1.54) is 0 Å². The molecule has 3 heteroatoms. The summed E-state index contributed by atoms with van der Waals surface area (Å²) in [6.45, 7) is 7.79. The molecule has 1 aliphatic rings. The lowest BCUT2D eigenvalue weighted by atomic mass is 9.99. The van der Waals surface area contributed by atoms with Crippen molar-refractivity contribution in [3.05, 3.63) is 0 Å². The molecule has 0 bridgehead atoms. The summed E-state index contributed by atoms with van der Waals surface area (Å²) in [5.74, 6) is 0. The van der Waals surface area contributed by atoms with Crippen LogP contribution in [0.5, 0.6) is 0 Å². The third kappa shape index (κ3) is 2.66. The van der Waals surface area contributed by atoms with Gasteiger partial charge in [-0.15, -0.1) is 0 Å². The number of β-amino-alcohol motifs (C(OH)–C–C–N with tert-alkyl or cyclic N) is 1. The Hall–Kier alpha value is -0.120. The van der Waals surface area contributed by atoms with Crippen LogP contribution in [0.25, 0.3) is 0 Å². The quantitative estimate of drug-likeness (QED) is 0.687. The molecule has 0 amide bonds. The highest BCUT2D eigenvalue weighted by Crippen LogP contribution is 2.23. The number of ether oxygens (including phenoxy) is 1. The van der Waals surface area contributed by atoms with Gasteiger partial charge in [-0.25, -0.2) is 0 Å². The van der Waals surface area contributed by atoms with E-state index >= 15 is 0 Å². The number of aliphatic hydroxyl groups excluding tert-OH is 1. The molecule has 0 aromatic rings. The SMILES string of the molecule is CCC(C)(CC)OC1CNCC1O. The Morgan fingerprint density at radius 1 is 1.38 bits per heavy atom. The fourth-order valence-electron chi connectivity index (χ4n) is 1.54. The van der Waals surface area contributed by atoms with Gasteiger partial charge in [-0.3, -0.25) is 0 Å². The van der Waals surface area contributed by atoms with Gasteiger partial charge in [0, 0.05) is 13.1 Å². The first-order chi connectivity index (χ1) is 6.11. The second-order valence-electron chi connectivity index (χ2n) is 4.04. The molecule has 0 aromatic carbocycles. The number of hydrogen-bond acceptors (Lipinski definition) is 3. The molecule has 1 aliphatic heterocycles. The minimum Gasteiger partial charge on any atom is -0.389 e. The van der Waals surface area contributed by atoms with Crippen LogP contribution in [-0.2, 0) is 4.74 Å². The molecule has 1 fully saturated rings. The number of rotatable bonds is 4. The maximum absolute atomic E-state index is 9.56. The zero-order valence-electron chi connectivity index (χ0n) is 8.84. The summed E-state index contributed by atoms with van der Waals surface area (Å²) in [4.78, 5) is 0. The summed E-state index contributed by atoms with van der Waals surface area (Å²) in [7, 11) is 0. The number of aliphatic hydroxyl groups is 1. The van der Waals surface area contributed by atoms with Crippen LogP contribution in [-0.4, -0.2) is 36.0 Å². The predicted octanol–water partition coefficient (Wildman–Crippen LogP) is 0.914. The van der Waals surface area contributed by atoms with E-state index in [9.17, 15) is 5.11 Å². The van der Waals surface area contributed by atoms with Crippen LogP contribution < -0.4 is 5.32 Å². The Bertz CT molecular complexity index is 157. The molecule has 0 aromatic heterocycles. The number of nitrogens with one attached hydrogen (secondary N) is 1. The molecule has 0 aliphatic carbocycles. The summed E-state index contributed by atoms with van der Waals surface area (Å²) in [6.07, 6.45) is 1.63. The smallest absolute Gasteiger partial charge is 0.0977 e. The number of hydrogen-bond donors (Lipinski definition) is 2. The Kier molecular flexibility index (Phi) is 3.71. The van der Waals surface area contributed by atoms with Gasteiger partial charge in [-0.2, -0.15) is 0 Å². The largest absolute Gasteiger partial charge is 0.389 e. The third-order valence-electron chi connectivity index (χ3n) is 3.06. The second-order valence-corrected chi connectivity index (χ2v) is 4.04. The maximum atomic E-state index is 9.56. The monoisotopic (exact) mass is 187 g/mol. The zero-order valence-corrected chi connectivity index (χ0v) is 8.84. The first kappa shape index (κ1) is 11.0. The van der Waals surface area contributed by atoms with Crippen molar-refractivity contribution in [3.63, 3.8) is 0 Å². The highest BCUT2D eigenvalue weighted by atomic mass is 16.5. The molecule has 1 heterocycles. The predicted molar refractivity (Wildman–Crippen MR) is 52.7 cm³/mol. The Morgan fingerprint density at radius 3 is 2.38 bits per heavy atom. The molecule has 0 radical (unpaired) electrons. The topological polar surface area (TPSA) is 41.5 Å². The minimum absolute atomic E-state index is 0.0232. The average Bonchev–Trinajstić information content (AvgIpc) is 2.52. The molecule has 13 heavy (non-hydrogen) atoms. The van der Waals surface area contributed by atoms with E-state index in [0.29, 0.717) is 6.54 Å². The van der Waals surface area contributed by atoms with Gasteiger partial charge in [0.1, 0.15) is 0 Å². The van der Waals surface area contributed by atoms with Crippen LogP contribution >= 0.6 is 0 Å². The van der Waals surface area contributed by atoms with Crippen LogP contribution in [0.15, 0.2) is 0 Å². The highest BCUT2D eigenvalue weighted by molar-refractivity contribution is 4.85. The van der Waals surface area contributed by atoms with Crippen molar-refractivity contribution in [3.8, 4) is 0 Å². The first-order valence-electron chi connectivity index (χ1n) is 5.18. The average molecular weight is 187 g/mol. The molecule has 0 saturated carbocycles. The molecule has 1 saturated heterocycles. The Morgan fingerprint density at radius 2 is 2.00 bits per heavy atom. The standard InChI is InChI=1S/C10H21NO2/c1-4-10(3,5-2)13-9-7-11-6-8(9)12/h8-9,11-12H,4-7H2,1-3H3. The molecule has 2 N–H and O–H groups in total. The first-order valence-corrected chi connectivity index (χ1v) is 5.18. The van der Waals surface area contributed by atoms with E-state index in [1.54, 1.807) is 0 Å². The van der Waals surface area contributed by atoms with Crippen LogP contribution in [0.4, 0.5) is 0 Å². The van der Waals surface area contributed by atoms with E-state index in [2.05, 4.69) is 26.1 Å². The van der Waals surface area contributed by atoms with E-state index in [-0.39, 0.29) is 17.8 Å². The van der Waals surface area contributed by atoms with Crippen molar-refractivity contribution in [1.82, 2.24) is 5.32 Å². The normalized spacial score (nSPS) is 29.5. The van der Waals surface area contributed by atoms with Gasteiger partial charge in [-0.05, 0) is 19.8 Å². The van der Waals surface area contributed by atoms with Gasteiger partial charge < -0.3 is 15.2 Å². The minimum atomic E-state index is -0.336. The van der Waals surface area contributed by atoms with Crippen molar-refractivity contribution in [2.75, 3.05) is 13.1 Å². The highest BCUT2D eigenvalue weighted by Gasteiger charge is 2.32. The molecule has 2 atom stereocenters. The maximum Gasteiger partial charge on any atom is 0.0977 e. The van der Waals surface area contributed by atoms with Crippen molar-refractivity contribution in [2.24, 2.45) is 0 Å². The summed E-state index contributed by atoms with van der Waals surface area (Å²) in [6, 6.07) is 0. The molecular weight excluding hydrogens is 166 g/mol. The van der Waals surface area contributed by atoms with Crippen LogP contribution in [0, 0.1) is 0 Å². The van der Waals surface area contributed by atoms with Gasteiger partial charge >= 0.3 is 0 Å². The zero-order chi connectivity index (χ0) is 9.90. The van der Waals surface area contributed by atoms with Gasteiger partial charge in [0.05, 0.1) is 17.8 Å². The van der Waals surface area contributed by atoms with Gasteiger partial charge in [0.15, 0.2) is 0 Å². The van der Waals surface area contributed by atoms with Crippen molar-refractivity contribution in [1.29, 1.82) is 0 Å². The van der Waals surface area contributed by atoms with Gasteiger partial charge in [0.25, 0.3) is 0 Å². The van der Waals surface area contributed by atoms with Gasteiger partial charge in [-0.1, -0.05) is 13.8 Å². The van der Waals surface area contributed by atoms with Crippen LogP contribution in [0.1, 0.15) is 33.6 Å². The molecule has 0 spiro atoms. The van der Waals surface area contributed by atoms with E-state index < -0.39 is 0 Å². The Labute approximate surface area is 80.5 Å². The summed E-state index contributed by atoms with van der Waals surface area (Å²) >= 11 is 0. The Balaban J connectivity index is 2.45. The molecular formula is C10H21NO2. The van der Waals surface area contributed by atoms with Crippen molar-refractivity contribution < 1.29 is 9.84 Å². The summed E-state index contributed by atoms with van der Waals surface area (Å²) in [5.41, 5.74) is -0.0718. The third-order valence-corrected chi connectivity index (χ3v) is 3.06. The molecule has 2 unspecified atom stereocenters.